The molecule has 1 aromatic heterocycles. The van der Waals surface area contributed by atoms with Crippen LogP contribution in [-0.4, -0.2) is 95.9 Å². The highest BCUT2D eigenvalue weighted by atomic mass is 16.2. The van der Waals surface area contributed by atoms with Gasteiger partial charge in [-0.15, -0.1) is 0 Å². The number of piperazine rings is 2. The van der Waals surface area contributed by atoms with Crippen LogP contribution in [0.25, 0.3) is 0 Å². The lowest BCUT2D eigenvalue weighted by atomic mass is 10.2. The Morgan fingerprint density at radius 2 is 1.52 bits per heavy atom. The van der Waals surface area contributed by atoms with Crippen LogP contribution >= 0.6 is 0 Å². The zero-order valence-electron chi connectivity index (χ0n) is 15.2. The maximum Gasteiger partial charge on any atom is 0.272 e. The van der Waals surface area contributed by atoms with Crippen LogP contribution in [0.5, 0.6) is 0 Å². The normalized spacial score (nSPS) is 19.2. The molecule has 2 fully saturated rings. The lowest BCUT2D eigenvalue weighted by Crippen LogP contribution is -2.49. The summed E-state index contributed by atoms with van der Waals surface area (Å²) in [5.74, 6) is 0.652. The van der Waals surface area contributed by atoms with Crippen molar-refractivity contribution in [2.75, 3.05) is 64.3 Å². The summed E-state index contributed by atoms with van der Waals surface area (Å²) in [4.78, 5) is 41.2. The Morgan fingerprint density at radius 3 is 2.12 bits per heavy atom. The summed E-state index contributed by atoms with van der Waals surface area (Å²) in [7, 11) is 2.06. The van der Waals surface area contributed by atoms with Crippen molar-refractivity contribution in [3.05, 3.63) is 17.5 Å². The third-order valence-corrected chi connectivity index (χ3v) is 4.86. The molecule has 0 atom stereocenters. The minimum absolute atomic E-state index is 0.0257. The smallest absolute Gasteiger partial charge is 0.272 e. The Kier molecular flexibility index (Phi) is 5.17. The fraction of sp³-hybridized carbons (Fsp3) is 0.647. The topological polar surface area (TPSA) is 72.9 Å². The highest BCUT2D eigenvalue weighted by molar-refractivity contribution is 5.92. The van der Waals surface area contributed by atoms with Gasteiger partial charge in [-0.1, -0.05) is 0 Å². The van der Waals surface area contributed by atoms with E-state index in [2.05, 4.69) is 21.9 Å². The van der Waals surface area contributed by atoms with Gasteiger partial charge in [0.2, 0.25) is 11.9 Å². The molecule has 2 aliphatic heterocycles. The standard InChI is InChI=1S/C17H26N6O2/c1-13-12-15(16(25)22-6-4-20(3)5-7-22)19-17(18-13)23-10-8-21(9-11-23)14(2)24/h12H,4-11H2,1-3H3. The van der Waals surface area contributed by atoms with Crippen LogP contribution in [0.2, 0.25) is 0 Å². The van der Waals surface area contributed by atoms with Crippen molar-refractivity contribution < 1.29 is 9.59 Å². The van der Waals surface area contributed by atoms with E-state index in [4.69, 9.17) is 0 Å². The van der Waals surface area contributed by atoms with Crippen LogP contribution < -0.4 is 4.90 Å². The molecule has 0 radical (unpaired) electrons. The molecule has 0 N–H and O–H groups in total. The third kappa shape index (κ3) is 4.07. The van der Waals surface area contributed by atoms with Crippen molar-refractivity contribution in [2.45, 2.75) is 13.8 Å². The number of hydrogen-bond donors (Lipinski definition) is 0. The van der Waals surface area contributed by atoms with Crippen LogP contribution in [0.3, 0.4) is 0 Å². The van der Waals surface area contributed by atoms with Crippen LogP contribution in [0.1, 0.15) is 23.1 Å². The Hall–Kier alpha value is -2.22. The zero-order valence-corrected chi connectivity index (χ0v) is 15.2. The third-order valence-electron chi connectivity index (χ3n) is 4.86. The maximum atomic E-state index is 12.8. The number of hydrogen-bond acceptors (Lipinski definition) is 6. The first-order chi connectivity index (χ1) is 11.9. The van der Waals surface area contributed by atoms with Crippen LogP contribution in [-0.2, 0) is 4.79 Å². The Balaban J connectivity index is 1.72. The summed E-state index contributed by atoms with van der Waals surface area (Å²) in [6, 6.07) is 1.76. The van der Waals surface area contributed by atoms with Crippen molar-refractivity contribution >= 4 is 17.8 Å². The molecule has 8 heteroatoms. The number of carbonyl (C=O) groups is 2. The van der Waals surface area contributed by atoms with E-state index in [0.717, 1.165) is 31.9 Å². The van der Waals surface area contributed by atoms with Gasteiger partial charge in [0.05, 0.1) is 0 Å². The average molecular weight is 346 g/mol. The van der Waals surface area contributed by atoms with Gasteiger partial charge in [-0.25, -0.2) is 9.97 Å². The molecule has 2 aliphatic rings. The second kappa shape index (κ2) is 7.35. The van der Waals surface area contributed by atoms with Gasteiger partial charge in [0, 0.05) is 65.0 Å². The molecule has 3 rings (SSSR count). The van der Waals surface area contributed by atoms with E-state index in [0.29, 0.717) is 37.8 Å². The summed E-state index contributed by atoms with van der Waals surface area (Å²) < 4.78 is 0. The highest BCUT2D eigenvalue weighted by Crippen LogP contribution is 2.15. The minimum Gasteiger partial charge on any atom is -0.339 e. The van der Waals surface area contributed by atoms with Gasteiger partial charge >= 0.3 is 0 Å². The molecule has 0 bridgehead atoms. The van der Waals surface area contributed by atoms with Crippen LogP contribution in [0, 0.1) is 6.92 Å². The highest BCUT2D eigenvalue weighted by Gasteiger charge is 2.25. The van der Waals surface area contributed by atoms with E-state index in [1.165, 1.54) is 0 Å². The van der Waals surface area contributed by atoms with Crippen LogP contribution in [0.4, 0.5) is 5.95 Å². The van der Waals surface area contributed by atoms with E-state index in [1.807, 2.05) is 21.6 Å². The van der Waals surface area contributed by atoms with Gasteiger partial charge in [-0.2, -0.15) is 0 Å². The summed E-state index contributed by atoms with van der Waals surface area (Å²) in [5, 5.41) is 0. The lowest BCUT2D eigenvalue weighted by Gasteiger charge is -2.35. The molecule has 2 saturated heterocycles. The zero-order chi connectivity index (χ0) is 18.0. The SMILES string of the molecule is CC(=O)N1CCN(c2nc(C)cc(C(=O)N3CCN(C)CC3)n2)CC1. The predicted molar refractivity (Wildman–Crippen MR) is 94.6 cm³/mol. The van der Waals surface area contributed by atoms with Gasteiger partial charge in [0.15, 0.2) is 0 Å². The molecule has 0 aliphatic carbocycles. The number of rotatable bonds is 2. The molecule has 8 nitrogen and oxygen atoms in total. The Bertz CT molecular complexity index is 649. The summed E-state index contributed by atoms with van der Waals surface area (Å²) in [6.45, 7) is 9.39. The summed E-state index contributed by atoms with van der Waals surface area (Å²) in [6.07, 6.45) is 0. The second-order valence-electron chi connectivity index (χ2n) is 6.78. The van der Waals surface area contributed by atoms with Gasteiger partial charge in [-0.05, 0) is 20.0 Å². The number of amides is 2. The molecule has 0 saturated carbocycles. The largest absolute Gasteiger partial charge is 0.339 e. The molecule has 0 unspecified atom stereocenters. The maximum absolute atomic E-state index is 12.8. The van der Waals surface area contributed by atoms with Gasteiger partial charge in [0.25, 0.3) is 5.91 Å². The quantitative estimate of drug-likeness (QED) is 0.741. The minimum atomic E-state index is -0.0257. The number of aromatic nitrogens is 2. The van der Waals surface area contributed by atoms with E-state index < -0.39 is 0 Å². The summed E-state index contributed by atoms with van der Waals surface area (Å²) in [5.41, 5.74) is 1.25. The summed E-state index contributed by atoms with van der Waals surface area (Å²) >= 11 is 0. The molecule has 3 heterocycles. The molecule has 0 aromatic carbocycles. The van der Waals surface area contributed by atoms with E-state index >= 15 is 0 Å². The first-order valence-electron chi connectivity index (χ1n) is 8.78. The van der Waals surface area contributed by atoms with Gasteiger partial charge in [0.1, 0.15) is 5.69 Å². The van der Waals surface area contributed by atoms with Gasteiger partial charge in [-0.3, -0.25) is 9.59 Å². The second-order valence-corrected chi connectivity index (χ2v) is 6.78. The Labute approximate surface area is 148 Å². The van der Waals surface area contributed by atoms with Gasteiger partial charge < -0.3 is 19.6 Å². The first-order valence-corrected chi connectivity index (χ1v) is 8.78. The number of carbonyl (C=O) groups excluding carboxylic acids is 2. The Morgan fingerprint density at radius 1 is 0.920 bits per heavy atom. The fourth-order valence-electron chi connectivity index (χ4n) is 3.20. The number of nitrogens with zero attached hydrogens (tertiary/aromatic N) is 6. The molecule has 25 heavy (non-hydrogen) atoms. The fourth-order valence-corrected chi connectivity index (χ4v) is 3.20. The van der Waals surface area contributed by atoms with Crippen LogP contribution in [0.15, 0.2) is 6.07 Å². The van der Waals surface area contributed by atoms with Crippen molar-refractivity contribution in [1.29, 1.82) is 0 Å². The van der Waals surface area contributed by atoms with Crippen molar-refractivity contribution in [2.24, 2.45) is 0 Å². The van der Waals surface area contributed by atoms with E-state index in [-0.39, 0.29) is 11.8 Å². The molecule has 136 valence electrons. The molecule has 0 spiro atoms. The number of aryl methyl sites for hydroxylation is 1. The van der Waals surface area contributed by atoms with E-state index in [9.17, 15) is 9.59 Å². The molecule has 2 amide bonds. The number of likely N-dealkylation sites (N-methyl/N-ethyl adjacent to an activating group) is 1. The van der Waals surface area contributed by atoms with Crippen molar-refractivity contribution in [1.82, 2.24) is 24.7 Å². The first kappa shape index (κ1) is 17.6. The average Bonchev–Trinajstić information content (AvgIpc) is 2.61. The van der Waals surface area contributed by atoms with Crippen molar-refractivity contribution in [3.8, 4) is 0 Å². The lowest BCUT2D eigenvalue weighted by molar-refractivity contribution is -0.129. The van der Waals surface area contributed by atoms with Crippen molar-refractivity contribution in [3.63, 3.8) is 0 Å². The molecular weight excluding hydrogens is 320 g/mol. The monoisotopic (exact) mass is 346 g/mol. The molecule has 1 aromatic rings. The predicted octanol–water partition coefficient (Wildman–Crippen LogP) is -0.159. The van der Waals surface area contributed by atoms with E-state index in [1.54, 1.807) is 13.0 Å². The number of anilines is 1. The molecular formula is C17H26N6O2.